The zero-order valence-corrected chi connectivity index (χ0v) is 17.6. The largest absolute Gasteiger partial charge is 0.508 e. The first-order valence-electron chi connectivity index (χ1n) is 10.1. The molecule has 2 aromatic carbocycles. The highest BCUT2D eigenvalue weighted by Gasteiger charge is 2.33. The first-order valence-corrected chi connectivity index (χ1v) is 10.1. The molecular weight excluding hydrogens is 384 g/mol. The van der Waals surface area contributed by atoms with Crippen LogP contribution in [-0.2, 0) is 30.2 Å². The normalized spacial score (nSPS) is 21.1. The molecule has 2 aromatic rings. The van der Waals surface area contributed by atoms with Gasteiger partial charge in [-0.3, -0.25) is 9.59 Å². The molecule has 0 saturated carbocycles. The molecule has 0 aliphatic carbocycles. The number of hydrogen-bond acceptors (Lipinski definition) is 6. The molecule has 1 saturated heterocycles. The second kappa shape index (κ2) is 9.76. The summed E-state index contributed by atoms with van der Waals surface area (Å²) in [6.45, 7) is 4.95. The second-order valence-electron chi connectivity index (χ2n) is 7.78. The zero-order valence-electron chi connectivity index (χ0n) is 17.6. The number of benzene rings is 2. The Morgan fingerprint density at radius 3 is 2.47 bits per heavy atom. The maximum absolute atomic E-state index is 11.5. The average molecular weight is 412 g/mol. The number of phenols is 1. The number of carbonyl (C=O) groups excluding carboxylic acids is 2. The highest BCUT2D eigenvalue weighted by Crippen LogP contribution is 2.34. The van der Waals surface area contributed by atoms with Crippen molar-refractivity contribution < 1.29 is 28.9 Å². The topological polar surface area (TPSA) is 82.1 Å². The van der Waals surface area contributed by atoms with E-state index in [0.29, 0.717) is 12.8 Å². The van der Waals surface area contributed by atoms with Gasteiger partial charge in [0.05, 0.1) is 12.2 Å². The maximum Gasteiger partial charge on any atom is 0.302 e. The van der Waals surface area contributed by atoms with Crippen molar-refractivity contribution in [1.82, 2.24) is 0 Å². The third-order valence-corrected chi connectivity index (χ3v) is 5.24. The van der Waals surface area contributed by atoms with Crippen LogP contribution in [-0.4, -0.2) is 35.9 Å². The van der Waals surface area contributed by atoms with E-state index in [2.05, 4.69) is 19.1 Å². The maximum atomic E-state index is 11.5. The number of carbonyl (C=O) groups is 2. The van der Waals surface area contributed by atoms with Gasteiger partial charge in [-0.2, -0.15) is 0 Å². The standard InChI is InChI=1S/C24H28O6/c1-15-4-7-19(11-20(15)10-18-5-8-21(27)9-6-18)24-13-22(29-17(3)26)12-23(30-24)14-28-16(2)25/h4-9,11,22-24,27H,10,12-14H2,1-3H3/t22-,23-,24+/m0/s1. The number of ether oxygens (including phenoxy) is 3. The lowest BCUT2D eigenvalue weighted by Gasteiger charge is -2.35. The van der Waals surface area contributed by atoms with Crippen molar-refractivity contribution in [1.29, 1.82) is 0 Å². The van der Waals surface area contributed by atoms with Gasteiger partial charge >= 0.3 is 11.9 Å². The molecule has 0 bridgehead atoms. The van der Waals surface area contributed by atoms with E-state index in [-0.39, 0.29) is 42.6 Å². The quantitative estimate of drug-likeness (QED) is 0.722. The molecule has 0 unspecified atom stereocenters. The monoisotopic (exact) mass is 412 g/mol. The Morgan fingerprint density at radius 1 is 1.07 bits per heavy atom. The lowest BCUT2D eigenvalue weighted by Crippen LogP contribution is -2.36. The number of esters is 2. The third-order valence-electron chi connectivity index (χ3n) is 5.24. The number of hydrogen-bond donors (Lipinski definition) is 1. The van der Waals surface area contributed by atoms with Gasteiger partial charge in [-0.05, 0) is 47.7 Å². The van der Waals surface area contributed by atoms with Gasteiger partial charge in [-0.15, -0.1) is 0 Å². The van der Waals surface area contributed by atoms with Crippen LogP contribution in [0.1, 0.15) is 55.0 Å². The molecule has 3 atom stereocenters. The summed E-state index contributed by atoms with van der Waals surface area (Å²) in [7, 11) is 0. The zero-order chi connectivity index (χ0) is 21.7. The van der Waals surface area contributed by atoms with Crippen LogP contribution in [0.4, 0.5) is 0 Å². The van der Waals surface area contributed by atoms with Crippen molar-refractivity contribution in [3.63, 3.8) is 0 Å². The number of rotatable bonds is 6. The molecule has 0 aromatic heterocycles. The fourth-order valence-electron chi connectivity index (χ4n) is 3.75. The summed E-state index contributed by atoms with van der Waals surface area (Å²) in [5, 5.41) is 9.50. The molecule has 0 radical (unpaired) electrons. The van der Waals surface area contributed by atoms with Gasteiger partial charge in [-0.1, -0.05) is 30.3 Å². The van der Waals surface area contributed by atoms with E-state index in [1.165, 1.54) is 13.8 Å². The van der Waals surface area contributed by atoms with Crippen molar-refractivity contribution >= 4 is 11.9 Å². The van der Waals surface area contributed by atoms with E-state index in [9.17, 15) is 14.7 Å². The smallest absolute Gasteiger partial charge is 0.302 e. The highest BCUT2D eigenvalue weighted by molar-refractivity contribution is 5.66. The Hall–Kier alpha value is -2.86. The second-order valence-corrected chi connectivity index (χ2v) is 7.78. The van der Waals surface area contributed by atoms with Gasteiger partial charge in [0.2, 0.25) is 0 Å². The Labute approximate surface area is 176 Å². The first kappa shape index (κ1) is 21.8. The van der Waals surface area contributed by atoms with E-state index in [1.807, 2.05) is 18.2 Å². The van der Waals surface area contributed by atoms with Crippen LogP contribution < -0.4 is 0 Å². The Morgan fingerprint density at radius 2 is 1.80 bits per heavy atom. The van der Waals surface area contributed by atoms with E-state index < -0.39 is 0 Å². The van der Waals surface area contributed by atoms with Crippen LogP contribution in [0.3, 0.4) is 0 Å². The molecule has 160 valence electrons. The molecule has 0 spiro atoms. The molecule has 1 fully saturated rings. The Kier molecular flexibility index (Phi) is 7.11. The van der Waals surface area contributed by atoms with Gasteiger partial charge < -0.3 is 19.3 Å². The van der Waals surface area contributed by atoms with Crippen molar-refractivity contribution in [3.05, 3.63) is 64.7 Å². The van der Waals surface area contributed by atoms with Crippen molar-refractivity contribution in [2.24, 2.45) is 0 Å². The van der Waals surface area contributed by atoms with Gasteiger partial charge in [0.15, 0.2) is 0 Å². The van der Waals surface area contributed by atoms with E-state index >= 15 is 0 Å². The van der Waals surface area contributed by atoms with Crippen LogP contribution in [0, 0.1) is 6.92 Å². The number of aromatic hydroxyl groups is 1. The lowest BCUT2D eigenvalue weighted by atomic mass is 9.92. The summed E-state index contributed by atoms with van der Waals surface area (Å²) >= 11 is 0. The summed E-state index contributed by atoms with van der Waals surface area (Å²) in [4.78, 5) is 22.7. The summed E-state index contributed by atoms with van der Waals surface area (Å²) in [5.74, 6) is -0.449. The van der Waals surface area contributed by atoms with Crippen LogP contribution in [0.5, 0.6) is 5.75 Å². The average Bonchev–Trinajstić information content (AvgIpc) is 2.69. The predicted molar refractivity (Wildman–Crippen MR) is 111 cm³/mol. The molecule has 0 amide bonds. The molecule has 1 N–H and O–H groups in total. The predicted octanol–water partition coefficient (Wildman–Crippen LogP) is 4.01. The summed E-state index contributed by atoms with van der Waals surface area (Å²) in [5.41, 5.74) is 4.42. The van der Waals surface area contributed by atoms with E-state index in [4.69, 9.17) is 14.2 Å². The summed E-state index contributed by atoms with van der Waals surface area (Å²) < 4.78 is 16.8. The minimum absolute atomic E-state index is 0.135. The van der Waals surface area contributed by atoms with Gasteiger partial charge in [0.1, 0.15) is 18.5 Å². The molecular formula is C24H28O6. The van der Waals surface area contributed by atoms with Gasteiger partial charge in [0.25, 0.3) is 0 Å². The number of phenolic OH excluding ortho intramolecular Hbond substituents is 1. The van der Waals surface area contributed by atoms with Crippen molar-refractivity contribution in [3.8, 4) is 5.75 Å². The van der Waals surface area contributed by atoms with Crippen LogP contribution >= 0.6 is 0 Å². The highest BCUT2D eigenvalue weighted by atomic mass is 16.6. The van der Waals surface area contributed by atoms with Crippen LogP contribution in [0.15, 0.2) is 42.5 Å². The van der Waals surface area contributed by atoms with Crippen LogP contribution in [0.25, 0.3) is 0 Å². The number of aryl methyl sites for hydroxylation is 1. The molecule has 1 aliphatic heterocycles. The minimum Gasteiger partial charge on any atom is -0.508 e. The van der Waals surface area contributed by atoms with E-state index in [0.717, 1.165) is 28.7 Å². The fourth-order valence-corrected chi connectivity index (χ4v) is 3.75. The van der Waals surface area contributed by atoms with E-state index in [1.54, 1.807) is 12.1 Å². The minimum atomic E-state index is -0.365. The molecule has 6 heteroatoms. The lowest BCUT2D eigenvalue weighted by molar-refractivity contribution is -0.169. The SMILES string of the molecule is CC(=O)OC[C@@H]1C[C@H](OC(C)=O)C[C@H](c2ccc(C)c(Cc3ccc(O)cc3)c2)O1. The van der Waals surface area contributed by atoms with Crippen LogP contribution in [0.2, 0.25) is 0 Å². The van der Waals surface area contributed by atoms with Gasteiger partial charge in [-0.25, -0.2) is 0 Å². The molecule has 3 rings (SSSR count). The fraction of sp³-hybridized carbons (Fsp3) is 0.417. The third kappa shape index (κ3) is 6.07. The van der Waals surface area contributed by atoms with Gasteiger partial charge in [0, 0.05) is 26.7 Å². The van der Waals surface area contributed by atoms with Crippen molar-refractivity contribution in [2.45, 2.75) is 58.3 Å². The Bertz CT molecular complexity index is 889. The summed E-state index contributed by atoms with van der Waals surface area (Å²) in [6.07, 6.45) is 0.898. The molecule has 1 heterocycles. The Balaban J connectivity index is 1.79. The molecule has 6 nitrogen and oxygen atoms in total. The van der Waals surface area contributed by atoms with Crippen molar-refractivity contribution in [2.75, 3.05) is 6.61 Å². The first-order chi connectivity index (χ1) is 14.3. The molecule has 1 aliphatic rings. The molecule has 30 heavy (non-hydrogen) atoms. The summed E-state index contributed by atoms with van der Waals surface area (Å²) in [6, 6.07) is 13.4.